The van der Waals surface area contributed by atoms with Gasteiger partial charge in [-0.15, -0.1) is 11.3 Å². The first-order valence-electron chi connectivity index (χ1n) is 14.1. The van der Waals surface area contributed by atoms with Crippen LogP contribution in [0.5, 0.6) is 0 Å². The first kappa shape index (κ1) is 25.4. The van der Waals surface area contributed by atoms with Gasteiger partial charge in [-0.25, -0.2) is 14.6 Å². The van der Waals surface area contributed by atoms with Crippen LogP contribution >= 0.6 is 11.3 Å². The van der Waals surface area contributed by atoms with Gasteiger partial charge in [0.2, 0.25) is 0 Å². The molecule has 2 aliphatic heterocycles. The van der Waals surface area contributed by atoms with Crippen LogP contribution in [-0.2, 0) is 15.0 Å². The summed E-state index contributed by atoms with van der Waals surface area (Å²) in [7, 11) is 0. The molecule has 2 aromatic heterocycles. The molecule has 1 fully saturated rings. The predicted molar refractivity (Wildman–Crippen MR) is 172 cm³/mol. The summed E-state index contributed by atoms with van der Waals surface area (Å²) in [5, 5.41) is 3.45. The average molecular weight is 580 g/mol. The fraction of sp³-hybridized carbons (Fsp3) is 0.0833. The van der Waals surface area contributed by atoms with Crippen molar-refractivity contribution in [2.24, 2.45) is 0 Å². The molecule has 2 aliphatic rings. The monoisotopic (exact) mass is 579 g/mol. The molecule has 0 unspecified atom stereocenters. The van der Waals surface area contributed by atoms with Crippen molar-refractivity contribution in [1.29, 1.82) is 0 Å². The second kappa shape index (κ2) is 9.11. The van der Waals surface area contributed by atoms with E-state index in [2.05, 4.69) is 60.9 Å². The number of urea groups is 1. The van der Waals surface area contributed by atoms with E-state index in [1.807, 2.05) is 18.2 Å². The number of rotatable bonds is 3. The summed E-state index contributed by atoms with van der Waals surface area (Å²) in [4.78, 5) is 44.5. The third-order valence-electron chi connectivity index (χ3n) is 8.54. The number of thiophene rings is 1. The summed E-state index contributed by atoms with van der Waals surface area (Å²) in [6.45, 7) is 4.44. The first-order valence-corrected chi connectivity index (χ1v) is 14.9. The normalized spacial score (nSPS) is 15.9. The van der Waals surface area contributed by atoms with Gasteiger partial charge in [-0.2, -0.15) is 0 Å². The minimum atomic E-state index is -0.701. The van der Waals surface area contributed by atoms with Crippen molar-refractivity contribution in [3.63, 3.8) is 0 Å². The van der Waals surface area contributed by atoms with Crippen molar-refractivity contribution in [2.45, 2.75) is 19.3 Å². The highest BCUT2D eigenvalue weighted by atomic mass is 32.1. The number of carbonyl (C=O) groups excluding carboxylic acids is 3. The van der Waals surface area contributed by atoms with Crippen molar-refractivity contribution >= 4 is 68.4 Å². The quantitative estimate of drug-likeness (QED) is 0.157. The first-order chi connectivity index (χ1) is 20.9. The van der Waals surface area contributed by atoms with Gasteiger partial charge < -0.3 is 4.57 Å². The maximum absolute atomic E-state index is 14.0. The molecular formula is C36H25N3O3S. The van der Waals surface area contributed by atoms with E-state index in [1.54, 1.807) is 65.9 Å². The largest absolute Gasteiger partial charge is 0.343 e. The lowest BCUT2D eigenvalue weighted by Crippen LogP contribution is -2.57. The molecule has 7 heteroatoms. The number of hydrogen-bond acceptors (Lipinski definition) is 4. The van der Waals surface area contributed by atoms with E-state index >= 15 is 0 Å². The summed E-state index contributed by atoms with van der Waals surface area (Å²) >= 11 is 1.55. The van der Waals surface area contributed by atoms with Crippen LogP contribution in [0.2, 0.25) is 0 Å². The van der Waals surface area contributed by atoms with Crippen LogP contribution in [0.3, 0.4) is 0 Å². The highest BCUT2D eigenvalue weighted by Crippen LogP contribution is 2.50. The minimum Gasteiger partial charge on any atom is -0.300 e. The molecule has 0 saturated carbocycles. The summed E-state index contributed by atoms with van der Waals surface area (Å²) in [5.41, 5.74) is 5.08. The van der Waals surface area contributed by atoms with Gasteiger partial charge in [-0.1, -0.05) is 86.6 Å². The van der Waals surface area contributed by atoms with Crippen molar-refractivity contribution in [3.8, 4) is 5.00 Å². The number of amides is 4. The van der Waals surface area contributed by atoms with E-state index in [0.717, 1.165) is 30.8 Å². The van der Waals surface area contributed by atoms with Crippen LogP contribution in [-0.4, -0.2) is 22.4 Å². The molecule has 43 heavy (non-hydrogen) atoms. The average Bonchev–Trinajstić information content (AvgIpc) is 3.60. The number of fused-ring (bicyclic) bond motifs is 5. The van der Waals surface area contributed by atoms with E-state index < -0.39 is 17.8 Å². The Balaban J connectivity index is 1.33. The summed E-state index contributed by atoms with van der Waals surface area (Å²) in [5.74, 6) is -1.28. The van der Waals surface area contributed by atoms with Crippen LogP contribution in [0.4, 0.5) is 16.2 Å². The molecule has 1 saturated heterocycles. The highest BCUT2D eigenvalue weighted by Gasteiger charge is 2.44. The van der Waals surface area contributed by atoms with Crippen molar-refractivity contribution in [3.05, 3.63) is 131 Å². The Labute approximate surface area is 251 Å². The molecule has 0 N–H and O–H groups in total. The number of imide groups is 2. The van der Waals surface area contributed by atoms with Gasteiger partial charge in [0.05, 0.1) is 22.4 Å². The van der Waals surface area contributed by atoms with Gasteiger partial charge in [0.1, 0.15) is 10.6 Å². The molecule has 4 aromatic carbocycles. The maximum Gasteiger partial charge on any atom is 0.343 e. The Kier molecular flexibility index (Phi) is 5.39. The predicted octanol–water partition coefficient (Wildman–Crippen LogP) is 8.07. The molecule has 0 radical (unpaired) electrons. The van der Waals surface area contributed by atoms with Crippen molar-refractivity contribution < 1.29 is 14.4 Å². The lowest BCUT2D eigenvalue weighted by molar-refractivity contribution is -0.121. The zero-order chi connectivity index (χ0) is 29.5. The van der Waals surface area contributed by atoms with Gasteiger partial charge in [-0.05, 0) is 53.6 Å². The van der Waals surface area contributed by atoms with Gasteiger partial charge in [-0.3, -0.25) is 9.59 Å². The van der Waals surface area contributed by atoms with Crippen LogP contribution < -0.4 is 9.80 Å². The number of aromatic nitrogens is 1. The standard InChI is InChI=1S/C36H25N3O3S/c1-36(2)28-18-11-17-26-25-16-9-10-19-30(25)39(31(26)28)34-29(36)21-24(43-34)20-27-32(40)37(22-12-5-3-6-13-22)35(42)38(33(27)41)23-14-7-4-8-15-23/h3-21H,1-2H3. The molecule has 208 valence electrons. The van der Waals surface area contributed by atoms with Gasteiger partial charge >= 0.3 is 6.03 Å². The Morgan fingerprint density at radius 3 is 1.88 bits per heavy atom. The zero-order valence-corrected chi connectivity index (χ0v) is 24.3. The van der Waals surface area contributed by atoms with E-state index in [-0.39, 0.29) is 11.0 Å². The van der Waals surface area contributed by atoms with E-state index in [0.29, 0.717) is 11.4 Å². The highest BCUT2D eigenvalue weighted by molar-refractivity contribution is 7.15. The minimum absolute atomic E-state index is 0.0660. The third kappa shape index (κ3) is 3.55. The Hall–Kier alpha value is -5.27. The van der Waals surface area contributed by atoms with Crippen LogP contribution in [0.1, 0.15) is 29.9 Å². The number of nitrogens with zero attached hydrogens (tertiary/aromatic N) is 3. The summed E-state index contributed by atoms with van der Waals surface area (Å²) in [6, 6.07) is 33.7. The number of benzene rings is 4. The summed E-state index contributed by atoms with van der Waals surface area (Å²) in [6.07, 6.45) is 1.65. The van der Waals surface area contributed by atoms with Gasteiger partial charge in [0.25, 0.3) is 11.8 Å². The smallest absolute Gasteiger partial charge is 0.300 e. The third-order valence-corrected chi connectivity index (χ3v) is 9.61. The topological polar surface area (TPSA) is 62.6 Å². The second-order valence-corrected chi connectivity index (χ2v) is 12.4. The molecule has 4 heterocycles. The molecule has 6 nitrogen and oxygen atoms in total. The molecule has 4 amide bonds. The van der Waals surface area contributed by atoms with Crippen LogP contribution in [0.15, 0.2) is 115 Å². The fourth-order valence-electron chi connectivity index (χ4n) is 6.45. The molecule has 0 spiro atoms. The number of carbonyl (C=O) groups is 3. The second-order valence-electron chi connectivity index (χ2n) is 11.3. The van der Waals surface area contributed by atoms with Crippen LogP contribution in [0, 0.1) is 0 Å². The molecule has 8 rings (SSSR count). The number of para-hydroxylation sites is 4. The molecule has 0 bridgehead atoms. The van der Waals surface area contributed by atoms with E-state index in [4.69, 9.17) is 0 Å². The number of anilines is 2. The Morgan fingerprint density at radius 1 is 0.651 bits per heavy atom. The lowest BCUT2D eigenvalue weighted by Gasteiger charge is -2.33. The molecule has 6 aromatic rings. The number of barbiturate groups is 1. The zero-order valence-electron chi connectivity index (χ0n) is 23.4. The fourth-order valence-corrected chi connectivity index (χ4v) is 7.73. The van der Waals surface area contributed by atoms with Crippen LogP contribution in [0.25, 0.3) is 32.9 Å². The SMILES string of the molecule is CC1(C)c2cc(C=C3C(=O)N(c4ccccc4)C(=O)N(c4ccccc4)C3=O)sc2-n2c3ccccc3c3cccc1c32. The van der Waals surface area contributed by atoms with Gasteiger partial charge in [0.15, 0.2) is 0 Å². The summed E-state index contributed by atoms with van der Waals surface area (Å²) < 4.78 is 2.31. The van der Waals surface area contributed by atoms with Crippen molar-refractivity contribution in [1.82, 2.24) is 4.57 Å². The maximum atomic E-state index is 14.0. The molecular weight excluding hydrogens is 554 g/mol. The number of hydrogen-bond donors (Lipinski definition) is 0. The molecule has 0 atom stereocenters. The Morgan fingerprint density at radius 2 is 1.23 bits per heavy atom. The van der Waals surface area contributed by atoms with E-state index in [1.165, 1.54) is 21.9 Å². The van der Waals surface area contributed by atoms with Crippen molar-refractivity contribution in [2.75, 3.05) is 9.80 Å². The van der Waals surface area contributed by atoms with E-state index in [9.17, 15) is 14.4 Å². The molecule has 0 aliphatic carbocycles. The lowest BCUT2D eigenvalue weighted by atomic mass is 9.76. The van der Waals surface area contributed by atoms with Gasteiger partial charge in [0, 0.05) is 21.1 Å². The Bertz CT molecular complexity index is 2110.